The fourth-order valence-corrected chi connectivity index (χ4v) is 1.90. The third kappa shape index (κ3) is 2.34. The highest BCUT2D eigenvalue weighted by Crippen LogP contribution is 2.27. The summed E-state index contributed by atoms with van der Waals surface area (Å²) < 4.78 is 6.53. The third-order valence-electron chi connectivity index (χ3n) is 2.48. The van der Waals surface area contributed by atoms with Crippen molar-refractivity contribution in [1.82, 2.24) is 9.97 Å². The van der Waals surface area contributed by atoms with Crippen molar-refractivity contribution >= 4 is 21.7 Å². The van der Waals surface area contributed by atoms with Gasteiger partial charge in [-0.15, -0.1) is 0 Å². The SMILES string of the molecule is CCc1ccc(-c2nc(C)c(Br)c(NC)n2)o1. The summed E-state index contributed by atoms with van der Waals surface area (Å²) in [6.45, 7) is 3.98. The number of rotatable bonds is 3. The van der Waals surface area contributed by atoms with Gasteiger partial charge in [-0.1, -0.05) is 6.92 Å². The molecule has 4 nitrogen and oxygen atoms in total. The number of halogens is 1. The molecule has 0 saturated carbocycles. The minimum Gasteiger partial charge on any atom is -0.458 e. The number of hydrogen-bond acceptors (Lipinski definition) is 4. The summed E-state index contributed by atoms with van der Waals surface area (Å²) in [5.74, 6) is 3.01. The largest absolute Gasteiger partial charge is 0.458 e. The molecule has 2 rings (SSSR count). The maximum Gasteiger partial charge on any atom is 0.197 e. The first kappa shape index (κ1) is 12.1. The average Bonchev–Trinajstić information content (AvgIpc) is 2.81. The number of aromatic nitrogens is 2. The standard InChI is InChI=1S/C12H14BrN3O/c1-4-8-5-6-9(17-8)11-15-7(2)10(13)12(14-3)16-11/h5-6H,4H2,1-3H3,(H,14,15,16). The molecule has 0 saturated heterocycles. The Morgan fingerprint density at radius 1 is 1.35 bits per heavy atom. The minimum atomic E-state index is 0.606. The van der Waals surface area contributed by atoms with E-state index in [1.165, 1.54) is 0 Å². The Kier molecular flexibility index (Phi) is 3.47. The van der Waals surface area contributed by atoms with Crippen LogP contribution in [0.1, 0.15) is 18.4 Å². The van der Waals surface area contributed by atoms with Crippen molar-refractivity contribution in [3.63, 3.8) is 0 Å². The zero-order valence-electron chi connectivity index (χ0n) is 10.0. The Hall–Kier alpha value is -1.36. The van der Waals surface area contributed by atoms with E-state index in [9.17, 15) is 0 Å². The van der Waals surface area contributed by atoms with Crippen molar-refractivity contribution in [2.45, 2.75) is 20.3 Å². The van der Waals surface area contributed by atoms with Gasteiger partial charge in [0.05, 0.1) is 10.2 Å². The number of nitrogens with zero attached hydrogens (tertiary/aromatic N) is 2. The highest BCUT2D eigenvalue weighted by atomic mass is 79.9. The molecular weight excluding hydrogens is 282 g/mol. The van der Waals surface area contributed by atoms with Crippen LogP contribution in [0, 0.1) is 6.92 Å². The van der Waals surface area contributed by atoms with Crippen molar-refractivity contribution in [2.75, 3.05) is 12.4 Å². The molecule has 0 bridgehead atoms. The molecule has 0 amide bonds. The van der Waals surface area contributed by atoms with Gasteiger partial charge in [0, 0.05) is 13.5 Å². The Labute approximate surface area is 109 Å². The van der Waals surface area contributed by atoms with Crippen LogP contribution in [-0.4, -0.2) is 17.0 Å². The van der Waals surface area contributed by atoms with Crippen LogP contribution in [0.25, 0.3) is 11.6 Å². The molecule has 0 radical (unpaired) electrons. The molecule has 0 aromatic carbocycles. The predicted octanol–water partition coefficient (Wildman–Crippen LogP) is 3.41. The molecule has 0 fully saturated rings. The van der Waals surface area contributed by atoms with Crippen molar-refractivity contribution in [3.05, 3.63) is 28.1 Å². The monoisotopic (exact) mass is 295 g/mol. The summed E-state index contributed by atoms with van der Waals surface area (Å²) in [5.41, 5.74) is 0.883. The van der Waals surface area contributed by atoms with E-state index in [1.54, 1.807) is 0 Å². The van der Waals surface area contributed by atoms with Gasteiger partial charge in [-0.05, 0) is 35.0 Å². The summed E-state index contributed by atoms with van der Waals surface area (Å²) in [6, 6.07) is 3.86. The first-order valence-electron chi connectivity index (χ1n) is 5.46. The van der Waals surface area contributed by atoms with Gasteiger partial charge < -0.3 is 9.73 Å². The smallest absolute Gasteiger partial charge is 0.197 e. The second-order valence-electron chi connectivity index (χ2n) is 3.66. The van der Waals surface area contributed by atoms with Gasteiger partial charge in [0.2, 0.25) is 0 Å². The number of furan rings is 1. The maximum atomic E-state index is 5.65. The van der Waals surface area contributed by atoms with Crippen molar-refractivity contribution in [1.29, 1.82) is 0 Å². The maximum absolute atomic E-state index is 5.65. The fraction of sp³-hybridized carbons (Fsp3) is 0.333. The van der Waals surface area contributed by atoms with E-state index in [4.69, 9.17) is 4.42 Å². The lowest BCUT2D eigenvalue weighted by molar-refractivity contribution is 0.525. The van der Waals surface area contributed by atoms with E-state index in [0.717, 1.165) is 28.2 Å². The van der Waals surface area contributed by atoms with E-state index in [2.05, 4.69) is 38.1 Å². The molecule has 0 aliphatic rings. The van der Waals surface area contributed by atoms with Crippen LogP contribution in [0.2, 0.25) is 0 Å². The summed E-state index contributed by atoms with van der Waals surface area (Å²) in [6.07, 6.45) is 0.869. The Bertz CT molecular complexity index is 537. The first-order valence-corrected chi connectivity index (χ1v) is 6.26. The number of aryl methyl sites for hydroxylation is 2. The van der Waals surface area contributed by atoms with Crippen LogP contribution in [0.4, 0.5) is 5.82 Å². The summed E-state index contributed by atoms with van der Waals surface area (Å²) in [5, 5.41) is 3.03. The second-order valence-corrected chi connectivity index (χ2v) is 4.46. The van der Waals surface area contributed by atoms with Crippen LogP contribution < -0.4 is 5.32 Å². The third-order valence-corrected chi connectivity index (χ3v) is 3.43. The summed E-state index contributed by atoms with van der Waals surface area (Å²) in [4.78, 5) is 8.81. The van der Waals surface area contributed by atoms with Gasteiger partial charge >= 0.3 is 0 Å². The van der Waals surface area contributed by atoms with Gasteiger partial charge in [-0.3, -0.25) is 0 Å². The van der Waals surface area contributed by atoms with Crippen LogP contribution >= 0.6 is 15.9 Å². The number of hydrogen-bond donors (Lipinski definition) is 1. The Morgan fingerprint density at radius 2 is 2.12 bits per heavy atom. The van der Waals surface area contributed by atoms with E-state index in [-0.39, 0.29) is 0 Å². The lowest BCUT2D eigenvalue weighted by atomic mass is 10.3. The predicted molar refractivity (Wildman–Crippen MR) is 71.1 cm³/mol. The molecule has 0 spiro atoms. The molecule has 0 aliphatic carbocycles. The van der Waals surface area contributed by atoms with E-state index < -0.39 is 0 Å². The normalized spacial score (nSPS) is 10.6. The molecule has 17 heavy (non-hydrogen) atoms. The minimum absolute atomic E-state index is 0.606. The van der Waals surface area contributed by atoms with E-state index >= 15 is 0 Å². The quantitative estimate of drug-likeness (QED) is 0.943. The Balaban J connectivity index is 2.48. The number of nitrogens with one attached hydrogen (secondary N) is 1. The van der Waals surface area contributed by atoms with Gasteiger partial charge in [0.15, 0.2) is 11.6 Å². The van der Waals surface area contributed by atoms with Crippen molar-refractivity contribution in [3.8, 4) is 11.6 Å². The van der Waals surface area contributed by atoms with Gasteiger partial charge in [-0.25, -0.2) is 9.97 Å². The first-order chi connectivity index (χ1) is 8.15. The molecule has 2 heterocycles. The summed E-state index contributed by atoms with van der Waals surface area (Å²) in [7, 11) is 1.83. The van der Waals surface area contributed by atoms with Gasteiger partial charge in [0.1, 0.15) is 11.6 Å². The molecule has 5 heteroatoms. The van der Waals surface area contributed by atoms with E-state index in [1.807, 2.05) is 26.1 Å². The van der Waals surface area contributed by atoms with Crippen molar-refractivity contribution < 1.29 is 4.42 Å². The molecule has 0 aliphatic heterocycles. The van der Waals surface area contributed by atoms with Crippen LogP contribution in [0.5, 0.6) is 0 Å². The lowest BCUT2D eigenvalue weighted by Crippen LogP contribution is -2.00. The Morgan fingerprint density at radius 3 is 2.71 bits per heavy atom. The molecule has 2 aromatic heterocycles. The highest BCUT2D eigenvalue weighted by molar-refractivity contribution is 9.10. The topological polar surface area (TPSA) is 51.0 Å². The van der Waals surface area contributed by atoms with Gasteiger partial charge in [-0.2, -0.15) is 0 Å². The van der Waals surface area contributed by atoms with E-state index in [0.29, 0.717) is 11.6 Å². The van der Waals surface area contributed by atoms with Gasteiger partial charge in [0.25, 0.3) is 0 Å². The zero-order valence-corrected chi connectivity index (χ0v) is 11.6. The molecule has 0 unspecified atom stereocenters. The zero-order chi connectivity index (χ0) is 12.4. The summed E-state index contributed by atoms with van der Waals surface area (Å²) >= 11 is 3.45. The van der Waals surface area contributed by atoms with Crippen LogP contribution in [0.15, 0.2) is 21.0 Å². The lowest BCUT2D eigenvalue weighted by Gasteiger charge is -2.06. The average molecular weight is 296 g/mol. The highest BCUT2D eigenvalue weighted by Gasteiger charge is 2.12. The van der Waals surface area contributed by atoms with Crippen LogP contribution in [-0.2, 0) is 6.42 Å². The molecular formula is C12H14BrN3O. The molecule has 90 valence electrons. The molecule has 1 N–H and O–H groups in total. The fourth-order valence-electron chi connectivity index (χ4n) is 1.52. The second kappa shape index (κ2) is 4.87. The van der Waals surface area contributed by atoms with Crippen molar-refractivity contribution in [2.24, 2.45) is 0 Å². The van der Waals surface area contributed by atoms with Crippen LogP contribution in [0.3, 0.4) is 0 Å². The molecule has 2 aromatic rings. The molecule has 0 atom stereocenters. The number of anilines is 1.